The molecule has 1 aliphatic rings. The van der Waals surface area contributed by atoms with Gasteiger partial charge in [0, 0.05) is 24.3 Å². The van der Waals surface area contributed by atoms with Crippen molar-refractivity contribution in [1.82, 2.24) is 4.90 Å². The van der Waals surface area contributed by atoms with Crippen molar-refractivity contribution in [2.75, 3.05) is 24.5 Å². The number of anilines is 1. The smallest absolute Gasteiger partial charge is 0.241 e. The third-order valence-electron chi connectivity index (χ3n) is 4.46. The Morgan fingerprint density at radius 2 is 1.96 bits per heavy atom. The molecule has 1 saturated heterocycles. The first-order valence-electron chi connectivity index (χ1n) is 8.34. The number of hydrogen-bond donors (Lipinski definition) is 1. The molecule has 1 aromatic carbocycles. The summed E-state index contributed by atoms with van der Waals surface area (Å²) in [5.41, 5.74) is 7.01. The largest absolute Gasteiger partial charge is 0.328 e. The van der Waals surface area contributed by atoms with Crippen LogP contribution in [0.2, 0.25) is 0 Å². The molecule has 0 aliphatic carbocycles. The third kappa shape index (κ3) is 5.48. The summed E-state index contributed by atoms with van der Waals surface area (Å²) in [6.07, 6.45) is 2.31. The van der Waals surface area contributed by atoms with Crippen molar-refractivity contribution >= 4 is 24.0 Å². The molecule has 2 atom stereocenters. The Morgan fingerprint density at radius 1 is 1.30 bits per heavy atom. The molecule has 0 radical (unpaired) electrons. The summed E-state index contributed by atoms with van der Waals surface area (Å²) in [5, 5.41) is 0. The van der Waals surface area contributed by atoms with E-state index in [4.69, 9.17) is 5.73 Å². The van der Waals surface area contributed by atoms with E-state index < -0.39 is 0 Å². The summed E-state index contributed by atoms with van der Waals surface area (Å²) < 4.78 is 0. The van der Waals surface area contributed by atoms with Crippen molar-refractivity contribution in [2.45, 2.75) is 45.7 Å². The molecule has 0 bridgehead atoms. The van der Waals surface area contributed by atoms with Gasteiger partial charge in [-0.25, -0.2) is 0 Å². The van der Waals surface area contributed by atoms with Gasteiger partial charge >= 0.3 is 0 Å². The van der Waals surface area contributed by atoms with E-state index in [0.29, 0.717) is 12.5 Å². The molecule has 130 valence electrons. The minimum atomic E-state index is 0. The van der Waals surface area contributed by atoms with Crippen molar-refractivity contribution in [3.8, 4) is 0 Å². The second kappa shape index (κ2) is 9.26. The number of nitrogens with zero attached hydrogens (tertiary/aromatic N) is 2. The molecule has 0 spiro atoms. The van der Waals surface area contributed by atoms with Gasteiger partial charge in [-0.15, -0.1) is 12.4 Å². The molecule has 0 aromatic heterocycles. The Kier molecular flexibility index (Phi) is 8.03. The van der Waals surface area contributed by atoms with Crippen LogP contribution < -0.4 is 10.6 Å². The van der Waals surface area contributed by atoms with Crippen LogP contribution in [0.25, 0.3) is 0 Å². The number of likely N-dealkylation sites (tertiary alicyclic amines) is 1. The number of para-hydroxylation sites is 1. The lowest BCUT2D eigenvalue weighted by Gasteiger charge is -2.36. The first kappa shape index (κ1) is 19.9. The van der Waals surface area contributed by atoms with Crippen LogP contribution in [0.4, 0.5) is 5.69 Å². The second-order valence-electron chi connectivity index (χ2n) is 6.69. The fourth-order valence-electron chi connectivity index (χ4n) is 3.25. The van der Waals surface area contributed by atoms with Gasteiger partial charge in [-0.05, 0) is 58.2 Å². The fourth-order valence-corrected chi connectivity index (χ4v) is 3.25. The second-order valence-corrected chi connectivity index (χ2v) is 6.69. The highest BCUT2D eigenvalue weighted by atomic mass is 35.5. The zero-order valence-corrected chi connectivity index (χ0v) is 15.3. The van der Waals surface area contributed by atoms with Crippen LogP contribution in [0, 0.1) is 5.92 Å². The topological polar surface area (TPSA) is 49.6 Å². The number of rotatable bonds is 5. The quantitative estimate of drug-likeness (QED) is 0.897. The number of halogens is 1. The number of benzene rings is 1. The van der Waals surface area contributed by atoms with E-state index in [9.17, 15) is 4.79 Å². The van der Waals surface area contributed by atoms with E-state index in [1.807, 2.05) is 35.2 Å². The van der Waals surface area contributed by atoms with E-state index in [2.05, 4.69) is 25.7 Å². The summed E-state index contributed by atoms with van der Waals surface area (Å²) in [4.78, 5) is 16.9. The normalized spacial score (nSPS) is 20.0. The summed E-state index contributed by atoms with van der Waals surface area (Å²) in [7, 11) is 0. The lowest BCUT2D eigenvalue weighted by atomic mass is 9.92. The first-order chi connectivity index (χ1) is 10.5. The number of piperidine rings is 1. The predicted molar refractivity (Wildman–Crippen MR) is 99.1 cm³/mol. The van der Waals surface area contributed by atoms with E-state index >= 15 is 0 Å². The number of carbonyl (C=O) groups excluding carboxylic acids is 1. The molecule has 4 nitrogen and oxygen atoms in total. The minimum absolute atomic E-state index is 0. The molecule has 2 rings (SSSR count). The molecular weight excluding hydrogens is 310 g/mol. The van der Waals surface area contributed by atoms with E-state index in [1.54, 1.807) is 0 Å². The fraction of sp³-hybridized carbons (Fsp3) is 0.611. The predicted octanol–water partition coefficient (Wildman–Crippen LogP) is 2.91. The average molecular weight is 340 g/mol. The lowest BCUT2D eigenvalue weighted by Crippen LogP contribution is -2.48. The van der Waals surface area contributed by atoms with Gasteiger partial charge < -0.3 is 10.6 Å². The Hall–Kier alpha value is -1.10. The Labute approximate surface area is 146 Å². The van der Waals surface area contributed by atoms with Crippen LogP contribution in [0.15, 0.2) is 30.3 Å². The van der Waals surface area contributed by atoms with Crippen LogP contribution in [-0.2, 0) is 4.79 Å². The van der Waals surface area contributed by atoms with Gasteiger partial charge in [0.25, 0.3) is 0 Å². The van der Waals surface area contributed by atoms with Gasteiger partial charge in [-0.1, -0.05) is 18.2 Å². The van der Waals surface area contributed by atoms with Crippen molar-refractivity contribution in [3.63, 3.8) is 0 Å². The van der Waals surface area contributed by atoms with Gasteiger partial charge in [0.1, 0.15) is 0 Å². The van der Waals surface area contributed by atoms with Crippen LogP contribution in [0.1, 0.15) is 33.6 Å². The summed E-state index contributed by atoms with van der Waals surface area (Å²) in [5.74, 6) is 0.678. The Bertz CT molecular complexity index is 478. The van der Waals surface area contributed by atoms with Crippen LogP contribution >= 0.6 is 12.4 Å². The maximum atomic E-state index is 12.8. The van der Waals surface area contributed by atoms with Crippen LogP contribution in [-0.4, -0.2) is 42.5 Å². The van der Waals surface area contributed by atoms with Crippen molar-refractivity contribution in [3.05, 3.63) is 30.3 Å². The van der Waals surface area contributed by atoms with Crippen molar-refractivity contribution in [2.24, 2.45) is 11.7 Å². The molecule has 1 aromatic rings. The van der Waals surface area contributed by atoms with Crippen LogP contribution in [0.3, 0.4) is 0 Å². The van der Waals surface area contributed by atoms with Crippen molar-refractivity contribution < 1.29 is 4.79 Å². The Balaban J connectivity index is 0.00000264. The van der Waals surface area contributed by atoms with Gasteiger partial charge in [-0.3, -0.25) is 9.69 Å². The Morgan fingerprint density at radius 3 is 2.52 bits per heavy atom. The van der Waals surface area contributed by atoms with E-state index in [1.165, 1.54) is 6.42 Å². The molecule has 0 saturated carbocycles. The first-order valence-corrected chi connectivity index (χ1v) is 8.34. The summed E-state index contributed by atoms with van der Waals surface area (Å²) in [6, 6.07) is 10.3. The van der Waals surface area contributed by atoms with Crippen LogP contribution in [0.5, 0.6) is 0 Å². The number of amides is 1. The number of nitrogens with two attached hydrogens (primary N) is 1. The molecule has 2 N–H and O–H groups in total. The highest BCUT2D eigenvalue weighted by Crippen LogP contribution is 2.21. The molecule has 1 amide bonds. The molecule has 23 heavy (non-hydrogen) atoms. The highest BCUT2D eigenvalue weighted by Gasteiger charge is 2.26. The highest BCUT2D eigenvalue weighted by molar-refractivity contribution is 5.95. The van der Waals surface area contributed by atoms with Crippen molar-refractivity contribution in [1.29, 1.82) is 0 Å². The zero-order chi connectivity index (χ0) is 16.1. The zero-order valence-electron chi connectivity index (χ0n) is 14.4. The molecule has 5 heteroatoms. The molecule has 1 heterocycles. The lowest BCUT2D eigenvalue weighted by molar-refractivity contribution is -0.120. The van der Waals surface area contributed by atoms with Gasteiger partial charge in [-0.2, -0.15) is 0 Å². The maximum absolute atomic E-state index is 12.8. The molecule has 1 aliphatic heterocycles. The van der Waals surface area contributed by atoms with Gasteiger partial charge in [0.2, 0.25) is 5.91 Å². The van der Waals surface area contributed by atoms with E-state index in [0.717, 1.165) is 25.2 Å². The monoisotopic (exact) mass is 339 g/mol. The summed E-state index contributed by atoms with van der Waals surface area (Å²) in [6.45, 7) is 8.61. The molecule has 1 fully saturated rings. The summed E-state index contributed by atoms with van der Waals surface area (Å²) >= 11 is 0. The SMILES string of the molecule is CC(N)C1CCCN(CC(=O)N(c2ccccc2)C(C)C)C1.Cl. The average Bonchev–Trinajstić information content (AvgIpc) is 2.48. The molecular formula is C18H30ClN3O. The van der Waals surface area contributed by atoms with Gasteiger partial charge in [0.15, 0.2) is 0 Å². The number of carbonyl (C=O) groups is 1. The molecule has 2 unspecified atom stereocenters. The van der Waals surface area contributed by atoms with Gasteiger partial charge in [0.05, 0.1) is 6.54 Å². The third-order valence-corrected chi connectivity index (χ3v) is 4.46. The van der Waals surface area contributed by atoms with E-state index in [-0.39, 0.29) is 30.4 Å². The standard InChI is InChI=1S/C18H29N3O.ClH/c1-14(2)21(17-9-5-4-6-10-17)18(22)13-20-11-7-8-16(12-20)15(3)19;/h4-6,9-10,14-16H,7-8,11-13,19H2,1-3H3;1H. The number of hydrogen-bond acceptors (Lipinski definition) is 3. The maximum Gasteiger partial charge on any atom is 0.241 e. The minimum Gasteiger partial charge on any atom is -0.328 e.